The monoisotopic (exact) mass is 492 g/mol. The van der Waals surface area contributed by atoms with E-state index in [-0.39, 0.29) is 28.8 Å². The molecule has 1 aromatic heterocycles. The van der Waals surface area contributed by atoms with E-state index in [1.54, 1.807) is 25.7 Å². The second-order valence-corrected chi connectivity index (χ2v) is 11.6. The highest BCUT2D eigenvalue weighted by Gasteiger charge is 2.32. The summed E-state index contributed by atoms with van der Waals surface area (Å²) in [6.07, 6.45) is 2.25. The lowest BCUT2D eigenvalue weighted by molar-refractivity contribution is -0.138. The fourth-order valence-electron chi connectivity index (χ4n) is 3.23. The van der Waals surface area contributed by atoms with Crippen LogP contribution in [0.25, 0.3) is 0 Å². The summed E-state index contributed by atoms with van der Waals surface area (Å²) in [6.45, 7) is 6.25. The topological polar surface area (TPSA) is 96.4 Å². The molecule has 1 aliphatic rings. The Labute approximate surface area is 195 Å². The van der Waals surface area contributed by atoms with E-state index in [4.69, 9.17) is 4.74 Å². The molecule has 2 N–H and O–H groups in total. The normalized spacial score (nSPS) is 16.5. The van der Waals surface area contributed by atoms with Crippen LogP contribution in [-0.2, 0) is 26.6 Å². The molecule has 0 bridgehead atoms. The molecule has 2 amide bonds. The number of halogens is 3. The van der Waals surface area contributed by atoms with Crippen LogP contribution in [0.4, 0.5) is 23.9 Å². The van der Waals surface area contributed by atoms with Crippen molar-refractivity contribution in [2.75, 3.05) is 36.3 Å². The molecular formula is C21H33F3N5O3S+. The fourth-order valence-corrected chi connectivity index (χ4v) is 3.94. The van der Waals surface area contributed by atoms with Crippen molar-refractivity contribution in [3.63, 3.8) is 0 Å². The summed E-state index contributed by atoms with van der Waals surface area (Å²) in [5, 5.41) is 5.67. The lowest BCUT2D eigenvalue weighted by Gasteiger charge is -2.33. The van der Waals surface area contributed by atoms with Crippen molar-refractivity contribution in [3.8, 4) is 0 Å². The first-order chi connectivity index (χ1) is 15.2. The van der Waals surface area contributed by atoms with Gasteiger partial charge in [0.05, 0.1) is 18.1 Å². The lowest BCUT2D eigenvalue weighted by atomic mass is 10.0. The third-order valence-corrected chi connectivity index (χ3v) is 5.96. The van der Waals surface area contributed by atoms with Crippen molar-refractivity contribution in [3.05, 3.63) is 18.0 Å². The van der Waals surface area contributed by atoms with Crippen LogP contribution in [0.3, 0.4) is 0 Å². The maximum absolute atomic E-state index is 12.9. The minimum absolute atomic E-state index is 0.110. The molecule has 8 nitrogen and oxygen atoms in total. The molecule has 12 heteroatoms. The highest BCUT2D eigenvalue weighted by Crippen LogP contribution is 2.28. The molecule has 0 spiro atoms. The Morgan fingerprint density at radius 3 is 2.24 bits per heavy atom. The van der Waals surface area contributed by atoms with Crippen molar-refractivity contribution in [1.82, 2.24) is 20.6 Å². The van der Waals surface area contributed by atoms with E-state index in [9.17, 15) is 22.8 Å². The number of carbonyl (C=O) groups excluding carboxylic acids is 2. The van der Waals surface area contributed by atoms with Gasteiger partial charge in [0.25, 0.3) is 0 Å². The van der Waals surface area contributed by atoms with Crippen molar-refractivity contribution in [2.24, 2.45) is 0 Å². The van der Waals surface area contributed by atoms with Gasteiger partial charge in [0.2, 0.25) is 11.9 Å². The average molecular weight is 493 g/mol. The number of piperidine rings is 1. The Kier molecular flexibility index (Phi) is 9.21. The number of nitrogens with one attached hydrogen (secondary N) is 2. The molecule has 2 rings (SSSR count). The molecule has 1 atom stereocenters. The van der Waals surface area contributed by atoms with E-state index in [1.807, 2.05) is 0 Å². The van der Waals surface area contributed by atoms with Crippen LogP contribution in [0.15, 0.2) is 12.4 Å². The second-order valence-electron chi connectivity index (χ2n) is 9.22. The number of ether oxygens (including phenoxy) is 1. The largest absolute Gasteiger partial charge is 0.444 e. The SMILES string of the molecule is C[S+](C)CC[C@@H](NC(=O)OC(C)(C)C)C(=O)NC1CCN(c2ncc(C(F)(F)F)cn2)CC1. The number of aromatic nitrogens is 2. The van der Waals surface area contributed by atoms with Crippen LogP contribution in [0.1, 0.15) is 45.6 Å². The summed E-state index contributed by atoms with van der Waals surface area (Å²) in [6, 6.07) is -0.821. The first-order valence-electron chi connectivity index (χ1n) is 10.7. The maximum Gasteiger partial charge on any atom is 0.419 e. The summed E-state index contributed by atoms with van der Waals surface area (Å²) in [4.78, 5) is 34.5. The Hall–Kier alpha value is -2.24. The number of nitrogens with zero attached hydrogens (tertiary/aromatic N) is 3. The van der Waals surface area contributed by atoms with E-state index in [2.05, 4.69) is 33.1 Å². The van der Waals surface area contributed by atoms with E-state index in [0.29, 0.717) is 32.4 Å². The zero-order valence-corrected chi connectivity index (χ0v) is 20.5. The van der Waals surface area contributed by atoms with Gasteiger partial charge in [-0.25, -0.2) is 14.8 Å². The zero-order chi connectivity index (χ0) is 24.8. The molecule has 0 aliphatic carbocycles. The fraction of sp³-hybridized carbons (Fsp3) is 0.714. The van der Waals surface area contributed by atoms with Crippen molar-refractivity contribution >= 4 is 28.8 Å². The highest BCUT2D eigenvalue weighted by molar-refractivity contribution is 7.95. The van der Waals surface area contributed by atoms with Crippen LogP contribution in [-0.4, -0.2) is 71.0 Å². The number of rotatable bonds is 7. The molecular weight excluding hydrogens is 459 g/mol. The Bertz CT molecular complexity index is 792. The van der Waals surface area contributed by atoms with Crippen LogP contribution in [0.2, 0.25) is 0 Å². The van der Waals surface area contributed by atoms with Gasteiger partial charge in [0, 0.05) is 37.9 Å². The smallest absolute Gasteiger partial charge is 0.419 e. The maximum atomic E-state index is 12.9. The zero-order valence-electron chi connectivity index (χ0n) is 19.7. The third kappa shape index (κ3) is 9.26. The van der Waals surface area contributed by atoms with Crippen molar-refractivity contribution in [1.29, 1.82) is 0 Å². The van der Waals surface area contributed by atoms with E-state index >= 15 is 0 Å². The van der Waals surface area contributed by atoms with Gasteiger partial charge in [0.1, 0.15) is 17.4 Å². The first-order valence-corrected chi connectivity index (χ1v) is 12.9. The number of hydrogen-bond donors (Lipinski definition) is 2. The molecule has 0 aromatic carbocycles. The molecule has 0 saturated carbocycles. The summed E-state index contributed by atoms with van der Waals surface area (Å²) >= 11 is 0. The minimum Gasteiger partial charge on any atom is -0.444 e. The number of anilines is 1. The molecule has 1 fully saturated rings. The van der Waals surface area contributed by atoms with Gasteiger partial charge in [-0.1, -0.05) is 0 Å². The van der Waals surface area contributed by atoms with Crippen molar-refractivity contribution < 1.29 is 27.5 Å². The number of alkyl carbamates (subject to hydrolysis) is 1. The van der Waals surface area contributed by atoms with E-state index < -0.39 is 29.5 Å². The number of amides is 2. The van der Waals surface area contributed by atoms with Crippen molar-refractivity contribution in [2.45, 2.75) is 63.9 Å². The quantitative estimate of drug-likeness (QED) is 0.569. The molecule has 1 aromatic rings. The minimum atomic E-state index is -4.48. The van der Waals surface area contributed by atoms with Crippen LogP contribution >= 0.6 is 0 Å². The van der Waals surface area contributed by atoms with Gasteiger partial charge in [0.15, 0.2) is 0 Å². The van der Waals surface area contributed by atoms with Gasteiger partial charge >= 0.3 is 12.3 Å². The van der Waals surface area contributed by atoms with E-state index in [1.165, 1.54) is 0 Å². The number of hydrogen-bond acceptors (Lipinski definition) is 6. The predicted octanol–water partition coefficient (Wildman–Crippen LogP) is 2.74. The Morgan fingerprint density at radius 1 is 1.18 bits per heavy atom. The first kappa shape index (κ1) is 27.0. The second kappa shape index (κ2) is 11.3. The average Bonchev–Trinajstić information content (AvgIpc) is 2.69. The van der Waals surface area contributed by atoms with E-state index in [0.717, 1.165) is 18.1 Å². The molecule has 2 heterocycles. The summed E-state index contributed by atoms with van der Waals surface area (Å²) < 4.78 is 43.4. The molecule has 0 unspecified atom stereocenters. The summed E-state index contributed by atoms with van der Waals surface area (Å²) in [5.74, 6) is 0.753. The van der Waals surface area contributed by atoms with Gasteiger partial charge < -0.3 is 20.3 Å². The molecule has 1 saturated heterocycles. The molecule has 33 heavy (non-hydrogen) atoms. The van der Waals surface area contributed by atoms with Crippen LogP contribution < -0.4 is 15.5 Å². The van der Waals surface area contributed by atoms with Crippen LogP contribution in [0.5, 0.6) is 0 Å². The molecule has 0 radical (unpaired) electrons. The Balaban J connectivity index is 1.91. The lowest BCUT2D eigenvalue weighted by Crippen LogP contribution is -2.53. The van der Waals surface area contributed by atoms with Gasteiger partial charge in [-0.2, -0.15) is 13.2 Å². The summed E-state index contributed by atoms with van der Waals surface area (Å²) in [7, 11) is 0.110. The molecule has 1 aliphatic heterocycles. The van der Waals surface area contributed by atoms with Gasteiger partial charge in [-0.05, 0) is 44.5 Å². The predicted molar refractivity (Wildman–Crippen MR) is 122 cm³/mol. The highest BCUT2D eigenvalue weighted by atomic mass is 32.2. The van der Waals surface area contributed by atoms with Gasteiger partial charge in [-0.3, -0.25) is 4.79 Å². The Morgan fingerprint density at radius 2 is 1.76 bits per heavy atom. The van der Waals surface area contributed by atoms with Gasteiger partial charge in [-0.15, -0.1) is 0 Å². The third-order valence-electron chi connectivity index (χ3n) is 4.91. The van der Waals surface area contributed by atoms with Crippen LogP contribution in [0, 0.1) is 0 Å². The standard InChI is InChI=1S/C21H32F3N5O3S/c1-20(2,3)32-19(31)28-16(8-11-33(4)5)17(30)27-15-6-9-29(10-7-15)18-25-12-14(13-26-18)21(22,23)24/h12-13,15-16H,6-11H2,1-5H3,(H-,27,28,30,31)/p+1/t16-/m1/s1. The summed E-state index contributed by atoms with van der Waals surface area (Å²) in [5.41, 5.74) is -1.56. The molecule has 186 valence electrons. The number of alkyl halides is 3. The number of carbonyl (C=O) groups is 2.